The van der Waals surface area contributed by atoms with Gasteiger partial charge in [0.25, 0.3) is 0 Å². The number of allylic oxidation sites excluding steroid dienone is 2. The molecule has 0 aromatic rings. The second-order valence-corrected chi connectivity index (χ2v) is 12.4. The molecule has 7 atom stereocenters. The lowest BCUT2D eigenvalue weighted by molar-refractivity contribution is 0.00922. The molecule has 3 fully saturated rings. The Balaban J connectivity index is 1.53. The minimum atomic E-state index is 0.546. The Morgan fingerprint density at radius 1 is 0.857 bits per heavy atom. The van der Waals surface area contributed by atoms with Crippen molar-refractivity contribution in [2.24, 2.45) is 46.3 Å². The summed E-state index contributed by atoms with van der Waals surface area (Å²) in [7, 11) is 0. The highest BCUT2D eigenvalue weighted by Gasteiger charge is 2.54. The third-order valence-electron chi connectivity index (χ3n) is 10.9. The molecule has 0 aromatic carbocycles. The summed E-state index contributed by atoms with van der Waals surface area (Å²) in [6, 6.07) is 0. The fraction of sp³-hybridized carbons (Fsp3) is 0.929. The highest BCUT2D eigenvalue weighted by molar-refractivity contribution is 5.34. The van der Waals surface area contributed by atoms with Crippen LogP contribution in [-0.2, 0) is 0 Å². The molecule has 4 rings (SSSR count). The van der Waals surface area contributed by atoms with Gasteiger partial charge in [-0.25, -0.2) is 0 Å². The molecule has 0 aliphatic heterocycles. The average Bonchev–Trinajstić information content (AvgIpc) is 3.02. The van der Waals surface area contributed by atoms with Crippen LogP contribution in [0.15, 0.2) is 11.1 Å². The van der Waals surface area contributed by atoms with Gasteiger partial charge >= 0.3 is 0 Å². The summed E-state index contributed by atoms with van der Waals surface area (Å²) in [6.07, 6.45) is 17.8. The van der Waals surface area contributed by atoms with E-state index in [1.807, 2.05) is 11.1 Å². The van der Waals surface area contributed by atoms with Gasteiger partial charge in [0, 0.05) is 0 Å². The molecule has 0 amide bonds. The van der Waals surface area contributed by atoms with E-state index in [0.717, 1.165) is 35.5 Å². The molecule has 4 aliphatic carbocycles. The first-order valence-corrected chi connectivity index (χ1v) is 13.0. The van der Waals surface area contributed by atoms with Crippen molar-refractivity contribution in [3.63, 3.8) is 0 Å². The average molecular weight is 385 g/mol. The van der Waals surface area contributed by atoms with Gasteiger partial charge < -0.3 is 0 Å². The van der Waals surface area contributed by atoms with Crippen LogP contribution in [-0.4, -0.2) is 0 Å². The Morgan fingerprint density at radius 2 is 1.64 bits per heavy atom. The second-order valence-electron chi connectivity index (χ2n) is 12.4. The third kappa shape index (κ3) is 3.33. The Morgan fingerprint density at radius 3 is 2.39 bits per heavy atom. The zero-order chi connectivity index (χ0) is 20.1. The molecule has 0 heteroatoms. The molecule has 0 aromatic heterocycles. The van der Waals surface area contributed by atoms with Crippen LogP contribution in [0, 0.1) is 46.3 Å². The molecule has 0 radical (unpaired) electrons. The lowest BCUT2D eigenvalue weighted by Crippen LogP contribution is -2.46. The summed E-state index contributed by atoms with van der Waals surface area (Å²) in [5.41, 5.74) is 5.18. The lowest BCUT2D eigenvalue weighted by atomic mass is 9.49. The summed E-state index contributed by atoms with van der Waals surface area (Å²) in [4.78, 5) is 0. The standard InChI is InChI=1S/C28H48/c1-19(2)20(3)10-11-21(4)24-14-15-25-23-13-12-22-9-7-8-17-27(22,5)26(23)16-18-28(24,25)6/h19-22,24,26H,7-18H2,1-6H3/t20-,21+,22?,24+,26-,27-,28+/m0/s1. The van der Waals surface area contributed by atoms with E-state index >= 15 is 0 Å². The summed E-state index contributed by atoms with van der Waals surface area (Å²) >= 11 is 0. The normalized spacial score (nSPS) is 42.8. The minimum Gasteiger partial charge on any atom is -0.0668 e. The second kappa shape index (κ2) is 7.77. The minimum absolute atomic E-state index is 0.546. The molecule has 3 saturated carbocycles. The van der Waals surface area contributed by atoms with Crippen LogP contribution in [0.5, 0.6) is 0 Å². The monoisotopic (exact) mass is 384 g/mol. The summed E-state index contributed by atoms with van der Waals surface area (Å²) in [5.74, 6) is 5.56. The van der Waals surface area contributed by atoms with Crippen LogP contribution in [0.2, 0.25) is 0 Å². The first-order valence-electron chi connectivity index (χ1n) is 13.0. The SMILES string of the molecule is CC(C)[C@@H](C)CC[C@@H](C)[C@H]1CCC2=C3CCC4CCCC[C@]4(C)[C@H]3CC[C@@]21C. The van der Waals surface area contributed by atoms with E-state index in [0.29, 0.717) is 10.8 Å². The Labute approximate surface area is 176 Å². The van der Waals surface area contributed by atoms with Gasteiger partial charge in [-0.15, -0.1) is 0 Å². The van der Waals surface area contributed by atoms with Gasteiger partial charge in [-0.2, -0.15) is 0 Å². The molecule has 0 spiro atoms. The van der Waals surface area contributed by atoms with Crippen LogP contribution < -0.4 is 0 Å². The van der Waals surface area contributed by atoms with Crippen molar-refractivity contribution in [3.05, 3.63) is 11.1 Å². The van der Waals surface area contributed by atoms with Crippen molar-refractivity contribution in [2.75, 3.05) is 0 Å². The van der Waals surface area contributed by atoms with Gasteiger partial charge in [-0.05, 0) is 97.7 Å². The molecule has 1 unspecified atom stereocenters. The Bertz CT molecular complexity index is 597. The molecule has 160 valence electrons. The Hall–Kier alpha value is -0.260. The number of hydrogen-bond acceptors (Lipinski definition) is 0. The van der Waals surface area contributed by atoms with Crippen LogP contribution in [0.25, 0.3) is 0 Å². The zero-order valence-corrected chi connectivity index (χ0v) is 19.9. The highest BCUT2D eigenvalue weighted by atomic mass is 14.6. The van der Waals surface area contributed by atoms with Gasteiger partial charge in [0.2, 0.25) is 0 Å². The summed E-state index contributed by atoms with van der Waals surface area (Å²) in [6.45, 7) is 15.3. The molecule has 0 N–H and O–H groups in total. The molecule has 28 heavy (non-hydrogen) atoms. The van der Waals surface area contributed by atoms with E-state index in [1.165, 1.54) is 77.0 Å². The van der Waals surface area contributed by atoms with Crippen LogP contribution in [0.3, 0.4) is 0 Å². The van der Waals surface area contributed by atoms with Crippen molar-refractivity contribution < 1.29 is 0 Å². The van der Waals surface area contributed by atoms with E-state index in [1.54, 1.807) is 0 Å². The van der Waals surface area contributed by atoms with Crippen molar-refractivity contribution >= 4 is 0 Å². The summed E-state index contributed by atoms with van der Waals surface area (Å²) < 4.78 is 0. The summed E-state index contributed by atoms with van der Waals surface area (Å²) in [5, 5.41) is 0. The Kier molecular flexibility index (Phi) is 5.83. The van der Waals surface area contributed by atoms with Crippen molar-refractivity contribution in [2.45, 2.75) is 119 Å². The largest absolute Gasteiger partial charge is 0.0668 e. The van der Waals surface area contributed by atoms with Gasteiger partial charge in [0.05, 0.1) is 0 Å². The fourth-order valence-electron chi connectivity index (χ4n) is 8.54. The molecule has 0 nitrogen and oxygen atoms in total. The number of fused-ring (bicyclic) bond motifs is 4. The zero-order valence-electron chi connectivity index (χ0n) is 19.9. The van der Waals surface area contributed by atoms with E-state index < -0.39 is 0 Å². The fourth-order valence-corrected chi connectivity index (χ4v) is 8.54. The molecular weight excluding hydrogens is 336 g/mol. The van der Waals surface area contributed by atoms with Crippen LogP contribution in [0.4, 0.5) is 0 Å². The predicted octanol–water partition coefficient (Wildman–Crippen LogP) is 8.81. The quantitative estimate of drug-likeness (QED) is 0.415. The van der Waals surface area contributed by atoms with Crippen molar-refractivity contribution in [1.29, 1.82) is 0 Å². The smallest absolute Gasteiger partial charge is 0.00825 e. The highest BCUT2D eigenvalue weighted by Crippen LogP contribution is 2.65. The molecule has 4 aliphatic rings. The van der Waals surface area contributed by atoms with Crippen LogP contribution in [0.1, 0.15) is 119 Å². The molecule has 0 saturated heterocycles. The van der Waals surface area contributed by atoms with E-state index in [4.69, 9.17) is 0 Å². The molecular formula is C28H48. The van der Waals surface area contributed by atoms with Crippen LogP contribution >= 0.6 is 0 Å². The van der Waals surface area contributed by atoms with E-state index in [9.17, 15) is 0 Å². The van der Waals surface area contributed by atoms with E-state index in [2.05, 4.69) is 41.5 Å². The van der Waals surface area contributed by atoms with Gasteiger partial charge in [0.1, 0.15) is 0 Å². The molecule has 0 bridgehead atoms. The first-order chi connectivity index (χ1) is 13.3. The van der Waals surface area contributed by atoms with E-state index in [-0.39, 0.29) is 0 Å². The maximum absolute atomic E-state index is 2.70. The number of rotatable bonds is 5. The topological polar surface area (TPSA) is 0 Å². The van der Waals surface area contributed by atoms with Crippen molar-refractivity contribution in [3.8, 4) is 0 Å². The predicted molar refractivity (Wildman–Crippen MR) is 122 cm³/mol. The van der Waals surface area contributed by atoms with Gasteiger partial charge in [-0.3, -0.25) is 0 Å². The first kappa shape index (κ1) is 21.0. The molecule has 0 heterocycles. The lowest BCUT2D eigenvalue weighted by Gasteiger charge is -2.56. The maximum atomic E-state index is 2.70. The maximum Gasteiger partial charge on any atom is -0.00825 e. The van der Waals surface area contributed by atoms with Gasteiger partial charge in [0.15, 0.2) is 0 Å². The third-order valence-corrected chi connectivity index (χ3v) is 10.9. The number of hydrogen-bond donors (Lipinski definition) is 0. The van der Waals surface area contributed by atoms with Crippen molar-refractivity contribution in [1.82, 2.24) is 0 Å². The van der Waals surface area contributed by atoms with Gasteiger partial charge in [-0.1, -0.05) is 78.4 Å².